The zero-order valence-electron chi connectivity index (χ0n) is 13.7. The Bertz CT molecular complexity index is 581. The van der Waals surface area contributed by atoms with E-state index >= 15 is 0 Å². The summed E-state index contributed by atoms with van der Waals surface area (Å²) >= 11 is 6.08. The number of benzene rings is 1. The minimum atomic E-state index is -0.923. The van der Waals surface area contributed by atoms with Crippen LogP contribution in [-0.2, 0) is 9.53 Å². The molecule has 1 saturated heterocycles. The van der Waals surface area contributed by atoms with E-state index in [2.05, 4.69) is 5.32 Å². The third-order valence-electron chi connectivity index (χ3n) is 4.10. The van der Waals surface area contributed by atoms with E-state index in [4.69, 9.17) is 16.3 Å². The summed E-state index contributed by atoms with van der Waals surface area (Å²) < 4.78 is 5.87. The molecule has 6 nitrogen and oxygen atoms in total. The molecule has 7 heteroatoms. The zero-order chi connectivity index (χ0) is 17.5. The summed E-state index contributed by atoms with van der Waals surface area (Å²) in [5.41, 5.74) is 0.865. The number of piperidine rings is 1. The molecule has 0 saturated carbocycles. The van der Waals surface area contributed by atoms with Crippen LogP contribution in [0.2, 0.25) is 5.02 Å². The number of hydrogen-bond acceptors (Lipinski definition) is 3. The van der Waals surface area contributed by atoms with Gasteiger partial charge in [0.2, 0.25) is 5.91 Å². The molecule has 2 rings (SSSR count). The normalized spacial score (nSPS) is 18.9. The molecule has 0 spiro atoms. The number of likely N-dealkylation sites (tertiary alicyclic amines) is 1. The van der Waals surface area contributed by atoms with Gasteiger partial charge in [-0.15, -0.1) is 0 Å². The third-order valence-corrected chi connectivity index (χ3v) is 4.34. The van der Waals surface area contributed by atoms with Gasteiger partial charge in [-0.25, -0.2) is 4.79 Å². The van der Waals surface area contributed by atoms with Gasteiger partial charge in [-0.05, 0) is 37.5 Å². The molecule has 2 N–H and O–H groups in total. The fourth-order valence-electron chi connectivity index (χ4n) is 3.03. The topological polar surface area (TPSA) is 78.9 Å². The molecule has 1 aromatic rings. The van der Waals surface area contributed by atoms with Gasteiger partial charge in [0, 0.05) is 30.6 Å². The quantitative estimate of drug-likeness (QED) is 0.823. The molecule has 1 aromatic carbocycles. The van der Waals surface area contributed by atoms with Crippen LogP contribution in [0.4, 0.5) is 4.79 Å². The highest BCUT2D eigenvalue weighted by molar-refractivity contribution is 6.30. The molecule has 24 heavy (non-hydrogen) atoms. The third kappa shape index (κ3) is 5.11. The summed E-state index contributed by atoms with van der Waals surface area (Å²) in [6.45, 7) is 3.25. The minimum Gasteiger partial charge on any atom is -0.465 e. The first-order valence-corrected chi connectivity index (χ1v) is 8.50. The Morgan fingerprint density at radius 1 is 1.50 bits per heavy atom. The van der Waals surface area contributed by atoms with E-state index < -0.39 is 6.09 Å². The van der Waals surface area contributed by atoms with Crippen LogP contribution in [-0.4, -0.2) is 48.2 Å². The van der Waals surface area contributed by atoms with Crippen LogP contribution >= 0.6 is 11.6 Å². The van der Waals surface area contributed by atoms with E-state index in [0.29, 0.717) is 24.7 Å². The molecule has 1 heterocycles. The maximum Gasteiger partial charge on any atom is 0.407 e. The maximum absolute atomic E-state index is 11.7. The average molecular weight is 355 g/mol. The number of rotatable bonds is 6. The SMILES string of the molecule is CCNC(=O)COC(c1cccc(Cl)c1)C1CCCN(C(=O)O)C1. The van der Waals surface area contributed by atoms with E-state index in [1.165, 1.54) is 4.90 Å². The van der Waals surface area contributed by atoms with E-state index in [-0.39, 0.29) is 24.5 Å². The maximum atomic E-state index is 11.7. The number of halogens is 1. The highest BCUT2D eigenvalue weighted by atomic mass is 35.5. The van der Waals surface area contributed by atoms with Crippen molar-refractivity contribution in [1.82, 2.24) is 10.2 Å². The molecule has 0 aromatic heterocycles. The van der Waals surface area contributed by atoms with Gasteiger partial charge in [-0.2, -0.15) is 0 Å². The number of ether oxygens (including phenoxy) is 1. The molecule has 2 unspecified atom stereocenters. The number of likely N-dealkylation sites (N-methyl/N-ethyl adjacent to an activating group) is 1. The van der Waals surface area contributed by atoms with Crippen LogP contribution in [0, 0.1) is 5.92 Å². The van der Waals surface area contributed by atoms with Gasteiger partial charge in [0.05, 0.1) is 6.10 Å². The molecule has 0 aliphatic carbocycles. The van der Waals surface area contributed by atoms with Gasteiger partial charge in [0.15, 0.2) is 0 Å². The first kappa shape index (κ1) is 18.5. The number of amides is 2. The summed E-state index contributed by atoms with van der Waals surface area (Å²) in [4.78, 5) is 24.4. The van der Waals surface area contributed by atoms with Crippen LogP contribution in [0.5, 0.6) is 0 Å². The van der Waals surface area contributed by atoms with Crippen molar-refractivity contribution in [2.45, 2.75) is 25.9 Å². The molecule has 2 amide bonds. The highest BCUT2D eigenvalue weighted by Crippen LogP contribution is 2.33. The van der Waals surface area contributed by atoms with Crippen molar-refractivity contribution in [1.29, 1.82) is 0 Å². The van der Waals surface area contributed by atoms with Gasteiger partial charge in [0.25, 0.3) is 0 Å². The molecule has 1 aliphatic heterocycles. The summed E-state index contributed by atoms with van der Waals surface area (Å²) in [7, 11) is 0. The molecule has 132 valence electrons. The fourth-order valence-corrected chi connectivity index (χ4v) is 3.23. The number of carboxylic acid groups (broad SMARTS) is 1. The van der Waals surface area contributed by atoms with Gasteiger partial charge in [-0.1, -0.05) is 23.7 Å². The lowest BCUT2D eigenvalue weighted by Crippen LogP contribution is -2.41. The highest BCUT2D eigenvalue weighted by Gasteiger charge is 2.31. The van der Waals surface area contributed by atoms with Crippen molar-refractivity contribution in [3.05, 3.63) is 34.9 Å². The Labute approximate surface area is 146 Å². The minimum absolute atomic E-state index is 0.0113. The predicted molar refractivity (Wildman–Crippen MR) is 91.2 cm³/mol. The lowest BCUT2D eigenvalue weighted by molar-refractivity contribution is -0.129. The van der Waals surface area contributed by atoms with Gasteiger partial charge in [-0.3, -0.25) is 4.79 Å². The van der Waals surface area contributed by atoms with Crippen molar-refractivity contribution in [3.63, 3.8) is 0 Å². The van der Waals surface area contributed by atoms with Crippen LogP contribution in [0.3, 0.4) is 0 Å². The standard InChI is InChI=1S/C17H23ClN2O4/c1-2-19-15(21)11-24-16(12-5-3-7-14(18)9-12)13-6-4-8-20(10-13)17(22)23/h3,5,7,9,13,16H,2,4,6,8,10-11H2,1H3,(H,19,21)(H,22,23). The van der Waals surface area contributed by atoms with Gasteiger partial charge < -0.3 is 20.1 Å². The first-order valence-electron chi connectivity index (χ1n) is 8.13. The average Bonchev–Trinajstić information content (AvgIpc) is 2.55. The van der Waals surface area contributed by atoms with Crippen molar-refractivity contribution >= 4 is 23.6 Å². The Morgan fingerprint density at radius 3 is 2.96 bits per heavy atom. The summed E-state index contributed by atoms with van der Waals surface area (Å²) in [6, 6.07) is 7.31. The lowest BCUT2D eigenvalue weighted by Gasteiger charge is -2.35. The summed E-state index contributed by atoms with van der Waals surface area (Å²) in [5.74, 6) is -0.196. The molecule has 2 atom stereocenters. The Morgan fingerprint density at radius 2 is 2.29 bits per heavy atom. The number of nitrogens with one attached hydrogen (secondary N) is 1. The molecule has 1 fully saturated rings. The van der Waals surface area contributed by atoms with Crippen LogP contribution < -0.4 is 5.32 Å². The van der Waals surface area contributed by atoms with E-state index in [0.717, 1.165) is 18.4 Å². The first-order chi connectivity index (χ1) is 11.5. The number of hydrogen-bond donors (Lipinski definition) is 2. The van der Waals surface area contributed by atoms with Crippen molar-refractivity contribution in [3.8, 4) is 0 Å². The van der Waals surface area contributed by atoms with Gasteiger partial charge >= 0.3 is 6.09 Å². The Kier molecular flexibility index (Phi) is 6.87. The molecule has 1 aliphatic rings. The lowest BCUT2D eigenvalue weighted by atomic mass is 9.88. The summed E-state index contributed by atoms with van der Waals surface area (Å²) in [5, 5.41) is 12.5. The Balaban J connectivity index is 2.15. The van der Waals surface area contributed by atoms with Crippen LogP contribution in [0.15, 0.2) is 24.3 Å². The van der Waals surface area contributed by atoms with Gasteiger partial charge in [0.1, 0.15) is 6.61 Å². The van der Waals surface area contributed by atoms with E-state index in [1.54, 1.807) is 6.07 Å². The van der Waals surface area contributed by atoms with E-state index in [9.17, 15) is 14.7 Å². The smallest absolute Gasteiger partial charge is 0.407 e. The number of carbonyl (C=O) groups is 2. The summed E-state index contributed by atoms with van der Waals surface area (Å²) in [6.07, 6.45) is 0.330. The zero-order valence-corrected chi connectivity index (χ0v) is 14.5. The number of carbonyl (C=O) groups excluding carboxylic acids is 1. The molecular formula is C17H23ClN2O4. The van der Waals surface area contributed by atoms with Crippen molar-refractivity contribution in [2.75, 3.05) is 26.2 Å². The molecule has 0 radical (unpaired) electrons. The largest absolute Gasteiger partial charge is 0.465 e. The molecular weight excluding hydrogens is 332 g/mol. The van der Waals surface area contributed by atoms with Crippen LogP contribution in [0.25, 0.3) is 0 Å². The second kappa shape index (κ2) is 8.89. The van der Waals surface area contributed by atoms with Crippen molar-refractivity contribution < 1.29 is 19.4 Å². The van der Waals surface area contributed by atoms with Crippen LogP contribution in [0.1, 0.15) is 31.4 Å². The number of nitrogens with zero attached hydrogens (tertiary/aromatic N) is 1. The van der Waals surface area contributed by atoms with Crippen molar-refractivity contribution in [2.24, 2.45) is 5.92 Å². The molecule has 0 bridgehead atoms. The second-order valence-electron chi connectivity index (χ2n) is 5.87. The van der Waals surface area contributed by atoms with E-state index in [1.807, 2.05) is 25.1 Å². The fraction of sp³-hybridized carbons (Fsp3) is 0.529. The Hall–Kier alpha value is -1.79. The predicted octanol–water partition coefficient (Wildman–Crippen LogP) is 2.92. The second-order valence-corrected chi connectivity index (χ2v) is 6.31. The monoisotopic (exact) mass is 354 g/mol.